The van der Waals surface area contributed by atoms with E-state index in [4.69, 9.17) is 0 Å². The Hall–Kier alpha value is -0.890. The molecule has 1 atom stereocenters. The molecule has 1 aliphatic rings. The third kappa shape index (κ3) is 3.03. The molecule has 0 aliphatic heterocycles. The highest BCUT2D eigenvalue weighted by atomic mass is 19.1. The summed E-state index contributed by atoms with van der Waals surface area (Å²) in [6.07, 6.45) is 2.17. The number of hydrogen-bond acceptors (Lipinski definition) is 1. The van der Waals surface area contributed by atoms with Crippen LogP contribution in [0.4, 0.5) is 4.39 Å². The van der Waals surface area contributed by atoms with Gasteiger partial charge < -0.3 is 5.11 Å². The second-order valence-electron chi connectivity index (χ2n) is 4.71. The second-order valence-corrected chi connectivity index (χ2v) is 4.71. The molecule has 0 radical (unpaired) electrons. The Morgan fingerprint density at radius 1 is 1.40 bits per heavy atom. The average molecular weight is 208 g/mol. The number of benzene rings is 1. The molecule has 1 aliphatic carbocycles. The normalized spacial score (nSPS) is 19.9. The van der Waals surface area contributed by atoms with Crippen molar-refractivity contribution in [3.63, 3.8) is 0 Å². The SMILES string of the molecule is CC(F)Cc1cccc(CC2(O)CC2)c1. The zero-order valence-corrected chi connectivity index (χ0v) is 9.04. The number of halogens is 1. The van der Waals surface area contributed by atoms with Crippen LogP contribution in [0.15, 0.2) is 24.3 Å². The first-order valence-corrected chi connectivity index (χ1v) is 5.52. The molecule has 2 rings (SSSR count). The molecule has 1 unspecified atom stereocenters. The maximum Gasteiger partial charge on any atom is 0.101 e. The third-order valence-corrected chi connectivity index (χ3v) is 2.87. The first-order valence-electron chi connectivity index (χ1n) is 5.52. The van der Waals surface area contributed by atoms with Gasteiger partial charge in [0.2, 0.25) is 0 Å². The van der Waals surface area contributed by atoms with Crippen LogP contribution < -0.4 is 0 Å². The number of alkyl halides is 1. The zero-order valence-electron chi connectivity index (χ0n) is 9.04. The van der Waals surface area contributed by atoms with Gasteiger partial charge in [-0.15, -0.1) is 0 Å². The lowest BCUT2D eigenvalue weighted by atomic mass is 10.0. The van der Waals surface area contributed by atoms with Crippen molar-refractivity contribution in [3.8, 4) is 0 Å². The van der Waals surface area contributed by atoms with E-state index in [-0.39, 0.29) is 0 Å². The van der Waals surface area contributed by atoms with Gasteiger partial charge in [0.1, 0.15) is 6.17 Å². The maximum absolute atomic E-state index is 12.8. The molecule has 0 amide bonds. The summed E-state index contributed by atoms with van der Waals surface area (Å²) in [6.45, 7) is 1.57. The Balaban J connectivity index is 2.05. The van der Waals surface area contributed by atoms with Crippen LogP contribution in [0.1, 0.15) is 30.9 Å². The predicted octanol–water partition coefficient (Wildman–Crippen LogP) is 2.65. The zero-order chi connectivity index (χ0) is 10.9. The van der Waals surface area contributed by atoms with E-state index in [1.807, 2.05) is 24.3 Å². The average Bonchev–Trinajstić information content (AvgIpc) is 2.82. The van der Waals surface area contributed by atoms with Crippen LogP contribution in [0, 0.1) is 0 Å². The van der Waals surface area contributed by atoms with Gasteiger partial charge in [0.05, 0.1) is 5.60 Å². The molecular weight excluding hydrogens is 191 g/mol. The van der Waals surface area contributed by atoms with E-state index in [0.717, 1.165) is 24.0 Å². The summed E-state index contributed by atoms with van der Waals surface area (Å²) in [6, 6.07) is 7.89. The van der Waals surface area contributed by atoms with Gasteiger partial charge in [-0.1, -0.05) is 24.3 Å². The molecule has 0 bridgehead atoms. The van der Waals surface area contributed by atoms with Crippen molar-refractivity contribution in [2.24, 2.45) is 0 Å². The van der Waals surface area contributed by atoms with Crippen molar-refractivity contribution in [3.05, 3.63) is 35.4 Å². The molecule has 1 aromatic rings. The number of aliphatic hydroxyl groups is 1. The van der Waals surface area contributed by atoms with Crippen LogP contribution in [0.2, 0.25) is 0 Å². The fraction of sp³-hybridized carbons (Fsp3) is 0.538. The largest absolute Gasteiger partial charge is 0.390 e. The Morgan fingerprint density at radius 2 is 2.07 bits per heavy atom. The molecule has 2 heteroatoms. The van der Waals surface area contributed by atoms with Crippen molar-refractivity contribution in [1.82, 2.24) is 0 Å². The van der Waals surface area contributed by atoms with Gasteiger partial charge in [-0.2, -0.15) is 0 Å². The van der Waals surface area contributed by atoms with Gasteiger partial charge in [0.15, 0.2) is 0 Å². The van der Waals surface area contributed by atoms with E-state index in [1.54, 1.807) is 6.92 Å². The van der Waals surface area contributed by atoms with Crippen molar-refractivity contribution in [2.45, 2.75) is 44.4 Å². The summed E-state index contributed by atoms with van der Waals surface area (Å²) >= 11 is 0. The molecular formula is C13H17FO. The first kappa shape index (κ1) is 10.6. The van der Waals surface area contributed by atoms with Gasteiger partial charge in [-0.25, -0.2) is 4.39 Å². The quantitative estimate of drug-likeness (QED) is 0.806. The third-order valence-electron chi connectivity index (χ3n) is 2.87. The molecule has 0 heterocycles. The minimum atomic E-state index is -0.802. The monoisotopic (exact) mass is 208 g/mol. The smallest absolute Gasteiger partial charge is 0.101 e. The van der Waals surface area contributed by atoms with Crippen LogP contribution in [-0.4, -0.2) is 16.9 Å². The molecule has 1 nitrogen and oxygen atoms in total. The van der Waals surface area contributed by atoms with Gasteiger partial charge in [0.25, 0.3) is 0 Å². The minimum Gasteiger partial charge on any atom is -0.390 e. The maximum atomic E-state index is 12.8. The molecule has 1 aromatic carbocycles. The van der Waals surface area contributed by atoms with E-state index in [1.165, 1.54) is 0 Å². The van der Waals surface area contributed by atoms with E-state index in [2.05, 4.69) is 0 Å². The van der Waals surface area contributed by atoms with Crippen LogP contribution in [0.3, 0.4) is 0 Å². The van der Waals surface area contributed by atoms with Crippen LogP contribution in [0.25, 0.3) is 0 Å². The molecule has 0 aromatic heterocycles. The summed E-state index contributed by atoms with van der Waals surface area (Å²) in [7, 11) is 0. The fourth-order valence-electron chi connectivity index (χ4n) is 1.89. The highest BCUT2D eigenvalue weighted by molar-refractivity contribution is 5.26. The van der Waals surface area contributed by atoms with Crippen LogP contribution >= 0.6 is 0 Å². The molecule has 1 saturated carbocycles. The Morgan fingerprint density at radius 3 is 2.67 bits per heavy atom. The second kappa shape index (κ2) is 3.93. The van der Waals surface area contributed by atoms with E-state index in [9.17, 15) is 9.50 Å². The lowest BCUT2D eigenvalue weighted by molar-refractivity contribution is 0.151. The molecule has 0 saturated heterocycles. The summed E-state index contributed by atoms with van der Waals surface area (Å²) in [5, 5.41) is 9.78. The standard InChI is InChI=1S/C13H17FO/c1-10(14)7-11-3-2-4-12(8-11)9-13(15)5-6-13/h2-4,8,10,15H,5-7,9H2,1H3. The highest BCUT2D eigenvalue weighted by Gasteiger charge is 2.39. The molecule has 1 N–H and O–H groups in total. The lowest BCUT2D eigenvalue weighted by Crippen LogP contribution is -2.11. The Bertz CT molecular complexity index is 342. The number of hydrogen-bond donors (Lipinski definition) is 1. The van der Waals surface area contributed by atoms with Crippen molar-refractivity contribution < 1.29 is 9.50 Å². The van der Waals surface area contributed by atoms with Crippen LogP contribution in [0.5, 0.6) is 0 Å². The van der Waals surface area contributed by atoms with E-state index in [0.29, 0.717) is 12.8 Å². The predicted molar refractivity (Wildman–Crippen MR) is 58.6 cm³/mol. The summed E-state index contributed by atoms with van der Waals surface area (Å²) in [4.78, 5) is 0. The van der Waals surface area contributed by atoms with Crippen molar-refractivity contribution >= 4 is 0 Å². The number of rotatable bonds is 4. The molecule has 0 spiro atoms. The molecule has 1 fully saturated rings. The molecule has 15 heavy (non-hydrogen) atoms. The van der Waals surface area contributed by atoms with E-state index < -0.39 is 11.8 Å². The van der Waals surface area contributed by atoms with Gasteiger partial charge in [-0.05, 0) is 30.9 Å². The van der Waals surface area contributed by atoms with Gasteiger partial charge in [-0.3, -0.25) is 0 Å². The van der Waals surface area contributed by atoms with Gasteiger partial charge in [0, 0.05) is 12.8 Å². The van der Waals surface area contributed by atoms with Gasteiger partial charge >= 0.3 is 0 Å². The summed E-state index contributed by atoms with van der Waals surface area (Å²) in [5.74, 6) is 0. The highest BCUT2D eigenvalue weighted by Crippen LogP contribution is 2.38. The van der Waals surface area contributed by atoms with E-state index >= 15 is 0 Å². The topological polar surface area (TPSA) is 20.2 Å². The molecule has 82 valence electrons. The van der Waals surface area contributed by atoms with Crippen LogP contribution in [-0.2, 0) is 12.8 Å². The summed E-state index contributed by atoms with van der Waals surface area (Å²) < 4.78 is 12.8. The first-order chi connectivity index (χ1) is 7.07. The fourth-order valence-corrected chi connectivity index (χ4v) is 1.89. The lowest BCUT2D eigenvalue weighted by Gasteiger charge is -2.09. The Kier molecular flexibility index (Phi) is 2.79. The van der Waals surface area contributed by atoms with Crippen molar-refractivity contribution in [2.75, 3.05) is 0 Å². The Labute approximate surface area is 89.9 Å². The minimum absolute atomic E-state index is 0.458. The van der Waals surface area contributed by atoms with Crippen molar-refractivity contribution in [1.29, 1.82) is 0 Å². The summed E-state index contributed by atoms with van der Waals surface area (Å²) in [5.41, 5.74) is 1.68.